The minimum Gasteiger partial charge on any atom is -0.497 e. The average molecular weight is 484 g/mol. The lowest BCUT2D eigenvalue weighted by Crippen LogP contribution is -2.23. The Kier molecular flexibility index (Phi) is 7.34. The van der Waals surface area contributed by atoms with Crippen LogP contribution in [0.5, 0.6) is 17.2 Å². The molecule has 0 atom stereocenters. The average Bonchev–Trinajstić information content (AvgIpc) is 2.69. The minimum atomic E-state index is -4.93. The molecular weight excluding hydrogens is 470 g/mol. The van der Waals surface area contributed by atoms with Crippen LogP contribution in [0.1, 0.15) is 5.56 Å². The van der Waals surface area contributed by atoms with Gasteiger partial charge in [0, 0.05) is 5.69 Å². The van der Waals surface area contributed by atoms with Gasteiger partial charge in [-0.25, -0.2) is 8.42 Å². The van der Waals surface area contributed by atoms with E-state index in [1.165, 1.54) is 37.4 Å². The summed E-state index contributed by atoms with van der Waals surface area (Å²) in [5, 5.41) is 9.29. The van der Waals surface area contributed by atoms with Crippen LogP contribution in [0.25, 0.3) is 0 Å². The van der Waals surface area contributed by atoms with E-state index in [2.05, 4.69) is 14.2 Å². The minimum absolute atomic E-state index is 0.0107. The lowest BCUT2D eigenvalue weighted by molar-refractivity contribution is -0.154. The van der Waals surface area contributed by atoms with Crippen molar-refractivity contribution in [2.24, 2.45) is 0 Å². The Morgan fingerprint density at radius 2 is 1.50 bits per heavy atom. The van der Waals surface area contributed by atoms with E-state index < -0.39 is 57.5 Å². The molecule has 0 unspecified atom stereocenters. The molecule has 2 aromatic carbocycles. The first-order valence-electron chi connectivity index (χ1n) is 8.39. The molecule has 2 rings (SSSR count). The Hall–Kier alpha value is -3.34. The smallest absolute Gasteiger partial charge is 0.422 e. The van der Waals surface area contributed by atoms with E-state index in [0.717, 1.165) is 0 Å². The van der Waals surface area contributed by atoms with Gasteiger partial charge in [-0.2, -0.15) is 31.6 Å². The fourth-order valence-corrected chi connectivity index (χ4v) is 3.52. The van der Waals surface area contributed by atoms with Crippen LogP contribution in [0.2, 0.25) is 0 Å². The maximum atomic E-state index is 12.8. The number of rotatable bonds is 8. The highest BCUT2D eigenvalue weighted by molar-refractivity contribution is 7.92. The summed E-state index contributed by atoms with van der Waals surface area (Å²) in [7, 11) is -3.27. The molecule has 0 aliphatic carbocycles. The summed E-state index contributed by atoms with van der Waals surface area (Å²) >= 11 is 0. The molecule has 1 N–H and O–H groups in total. The molecule has 174 valence electrons. The first-order chi connectivity index (χ1) is 14.8. The molecule has 0 saturated heterocycles. The van der Waals surface area contributed by atoms with E-state index in [4.69, 9.17) is 4.74 Å². The first-order valence-corrected chi connectivity index (χ1v) is 9.87. The molecule has 0 amide bonds. The second kappa shape index (κ2) is 9.43. The largest absolute Gasteiger partial charge is 0.497 e. The number of anilines is 1. The Labute approximate surface area is 178 Å². The number of alkyl halides is 6. The van der Waals surface area contributed by atoms with Gasteiger partial charge in [0.05, 0.1) is 7.11 Å². The number of halogens is 6. The van der Waals surface area contributed by atoms with Crippen molar-refractivity contribution in [1.29, 1.82) is 5.26 Å². The molecule has 0 aliphatic heterocycles. The maximum Gasteiger partial charge on any atom is 0.422 e. The van der Waals surface area contributed by atoms with Gasteiger partial charge in [-0.3, -0.25) is 4.72 Å². The third kappa shape index (κ3) is 6.84. The van der Waals surface area contributed by atoms with E-state index in [-0.39, 0.29) is 5.69 Å². The quantitative estimate of drug-likeness (QED) is 0.563. The standard InChI is InChI=1S/C18H14F6N2O5S/c1-29-12-4-2-11(3-5-12)26-32(27,28)15-7-6-14(30-9-17(19,20)21)13(8-25)16(15)31-10-18(22,23)24/h2-7,26H,9-10H2,1H3. The second-order valence-electron chi connectivity index (χ2n) is 6.02. The molecule has 14 heteroatoms. The van der Waals surface area contributed by atoms with Gasteiger partial charge in [-0.15, -0.1) is 0 Å². The summed E-state index contributed by atoms with van der Waals surface area (Å²) in [5.41, 5.74) is -0.959. The summed E-state index contributed by atoms with van der Waals surface area (Å²) in [5.74, 6) is -1.52. The van der Waals surface area contributed by atoms with Crippen molar-refractivity contribution in [1.82, 2.24) is 0 Å². The van der Waals surface area contributed by atoms with Crippen molar-refractivity contribution in [3.63, 3.8) is 0 Å². The molecule has 0 spiro atoms. The number of benzene rings is 2. The molecule has 0 aliphatic rings. The number of hydrogen-bond donors (Lipinski definition) is 1. The topological polar surface area (TPSA) is 97.6 Å². The molecule has 0 bridgehead atoms. The van der Waals surface area contributed by atoms with Crippen molar-refractivity contribution in [2.75, 3.05) is 25.0 Å². The number of hydrogen-bond acceptors (Lipinski definition) is 6. The van der Waals surface area contributed by atoms with Crippen LogP contribution in [0.15, 0.2) is 41.3 Å². The summed E-state index contributed by atoms with van der Waals surface area (Å²) in [4.78, 5) is -0.909. The molecule has 0 fully saturated rings. The number of ether oxygens (including phenoxy) is 3. The summed E-state index contributed by atoms with van der Waals surface area (Å²) in [6, 6.07) is 8.09. The number of sulfonamides is 1. The number of methoxy groups -OCH3 is 1. The molecule has 0 saturated carbocycles. The number of nitrogens with one attached hydrogen (secondary N) is 1. The van der Waals surface area contributed by atoms with Crippen molar-refractivity contribution >= 4 is 15.7 Å². The summed E-state index contributed by atoms with van der Waals surface area (Å²) < 4.78 is 117. The Bertz CT molecular complexity index is 1090. The molecule has 0 aromatic heterocycles. The van der Waals surface area contributed by atoms with Crippen molar-refractivity contribution < 1.29 is 49.0 Å². The van der Waals surface area contributed by atoms with Crippen LogP contribution in [0.4, 0.5) is 32.0 Å². The zero-order valence-electron chi connectivity index (χ0n) is 16.0. The van der Waals surface area contributed by atoms with Gasteiger partial charge in [0.15, 0.2) is 19.0 Å². The monoisotopic (exact) mass is 484 g/mol. The summed E-state index contributed by atoms with van der Waals surface area (Å²) in [6.45, 7) is -3.87. The lowest BCUT2D eigenvalue weighted by atomic mass is 10.2. The highest BCUT2D eigenvalue weighted by atomic mass is 32.2. The van der Waals surface area contributed by atoms with Gasteiger partial charge in [0.1, 0.15) is 28.0 Å². The van der Waals surface area contributed by atoms with E-state index in [0.29, 0.717) is 17.9 Å². The van der Waals surface area contributed by atoms with Gasteiger partial charge in [0.25, 0.3) is 10.0 Å². The zero-order valence-corrected chi connectivity index (χ0v) is 16.9. The van der Waals surface area contributed by atoms with Gasteiger partial charge in [0.2, 0.25) is 0 Å². The van der Waals surface area contributed by atoms with Crippen LogP contribution >= 0.6 is 0 Å². The Morgan fingerprint density at radius 3 is 2.00 bits per heavy atom. The highest BCUT2D eigenvalue weighted by Crippen LogP contribution is 2.37. The predicted octanol–water partition coefficient (Wildman–Crippen LogP) is 4.25. The number of nitriles is 1. The van der Waals surface area contributed by atoms with Crippen LogP contribution in [-0.4, -0.2) is 41.1 Å². The molecule has 7 nitrogen and oxygen atoms in total. The maximum absolute atomic E-state index is 12.8. The van der Waals surface area contributed by atoms with Crippen molar-refractivity contribution in [2.45, 2.75) is 17.2 Å². The van der Waals surface area contributed by atoms with E-state index in [1.54, 1.807) is 0 Å². The normalized spacial score (nSPS) is 12.1. The third-order valence-corrected chi connectivity index (χ3v) is 5.00. The summed E-state index contributed by atoms with van der Waals surface area (Å²) in [6.07, 6.45) is -9.75. The first kappa shape index (κ1) is 24.9. The highest BCUT2D eigenvalue weighted by Gasteiger charge is 2.34. The zero-order chi connectivity index (χ0) is 24.2. The van der Waals surface area contributed by atoms with Crippen LogP contribution in [0, 0.1) is 11.3 Å². The fourth-order valence-electron chi connectivity index (χ4n) is 2.31. The molecule has 0 heterocycles. The SMILES string of the molecule is COc1ccc(NS(=O)(=O)c2ccc(OCC(F)(F)F)c(C#N)c2OCC(F)(F)F)cc1. The lowest BCUT2D eigenvalue weighted by Gasteiger charge is -2.18. The van der Waals surface area contributed by atoms with Crippen molar-refractivity contribution in [3.8, 4) is 23.3 Å². The molecule has 0 radical (unpaired) electrons. The van der Waals surface area contributed by atoms with Crippen molar-refractivity contribution in [3.05, 3.63) is 42.0 Å². The molecule has 32 heavy (non-hydrogen) atoms. The van der Waals surface area contributed by atoms with Gasteiger partial charge >= 0.3 is 12.4 Å². The molecular formula is C18H14F6N2O5S. The third-order valence-electron chi connectivity index (χ3n) is 3.60. The van der Waals surface area contributed by atoms with Crippen LogP contribution in [0.3, 0.4) is 0 Å². The van der Waals surface area contributed by atoms with E-state index >= 15 is 0 Å². The van der Waals surface area contributed by atoms with Crippen LogP contribution in [-0.2, 0) is 10.0 Å². The van der Waals surface area contributed by atoms with E-state index in [9.17, 15) is 40.0 Å². The number of nitrogens with zero attached hydrogens (tertiary/aromatic N) is 1. The van der Waals surface area contributed by atoms with E-state index in [1.807, 2.05) is 0 Å². The Morgan fingerprint density at radius 1 is 0.938 bits per heavy atom. The second-order valence-corrected chi connectivity index (χ2v) is 7.67. The van der Waals surface area contributed by atoms with Gasteiger partial charge < -0.3 is 14.2 Å². The predicted molar refractivity (Wildman–Crippen MR) is 98.1 cm³/mol. The van der Waals surface area contributed by atoms with Gasteiger partial charge in [-0.05, 0) is 36.4 Å². The fraction of sp³-hybridized carbons (Fsp3) is 0.278. The molecule has 2 aromatic rings. The van der Waals surface area contributed by atoms with Gasteiger partial charge in [-0.1, -0.05) is 0 Å². The Balaban J connectivity index is 2.51. The van der Waals surface area contributed by atoms with Crippen LogP contribution < -0.4 is 18.9 Å².